The Bertz CT molecular complexity index is 162. The Morgan fingerprint density at radius 2 is 2.17 bits per heavy atom. The number of rotatable bonds is 3. The van der Waals surface area contributed by atoms with Gasteiger partial charge in [-0.25, -0.2) is 0 Å². The summed E-state index contributed by atoms with van der Waals surface area (Å²) in [6.07, 6.45) is 0.146. The topological polar surface area (TPSA) is 29.5 Å². The first-order valence-corrected chi connectivity index (χ1v) is 4.49. The molecule has 1 saturated heterocycles. The average Bonchev–Trinajstić information content (AvgIpc) is 1.94. The Balaban J connectivity index is 2.13. The molecule has 0 N–H and O–H groups in total. The van der Waals surface area contributed by atoms with Crippen molar-refractivity contribution in [3.05, 3.63) is 0 Å². The van der Waals surface area contributed by atoms with Crippen LogP contribution in [0.15, 0.2) is 0 Å². The van der Waals surface area contributed by atoms with Crippen LogP contribution in [-0.2, 0) is 9.53 Å². The van der Waals surface area contributed by atoms with Gasteiger partial charge in [-0.1, -0.05) is 6.92 Å². The molecule has 0 aromatic carbocycles. The summed E-state index contributed by atoms with van der Waals surface area (Å²) in [4.78, 5) is 13.1. The zero-order valence-corrected chi connectivity index (χ0v) is 8.04. The van der Waals surface area contributed by atoms with Crippen molar-refractivity contribution in [2.24, 2.45) is 5.92 Å². The predicted octanol–water partition coefficient (Wildman–Crippen LogP) is 0.890. The zero-order valence-electron chi connectivity index (χ0n) is 8.04. The van der Waals surface area contributed by atoms with Gasteiger partial charge >= 0.3 is 0 Å². The molecule has 70 valence electrons. The van der Waals surface area contributed by atoms with Crippen molar-refractivity contribution in [1.29, 1.82) is 0 Å². The van der Waals surface area contributed by atoms with Crippen LogP contribution in [0.5, 0.6) is 0 Å². The third-order valence-corrected chi connectivity index (χ3v) is 1.96. The molecule has 1 rings (SSSR count). The van der Waals surface area contributed by atoms with Gasteiger partial charge in [0.2, 0.25) is 5.91 Å². The quantitative estimate of drug-likeness (QED) is 0.631. The molecule has 0 spiro atoms. The summed E-state index contributed by atoms with van der Waals surface area (Å²) < 4.78 is 5.20. The van der Waals surface area contributed by atoms with E-state index in [0.717, 1.165) is 13.1 Å². The van der Waals surface area contributed by atoms with Crippen LogP contribution in [0.4, 0.5) is 0 Å². The summed E-state index contributed by atoms with van der Waals surface area (Å²) in [6, 6.07) is 0. The Morgan fingerprint density at radius 3 is 2.58 bits per heavy atom. The van der Waals surface area contributed by atoms with E-state index in [4.69, 9.17) is 4.74 Å². The van der Waals surface area contributed by atoms with E-state index in [0.29, 0.717) is 5.92 Å². The van der Waals surface area contributed by atoms with Crippen molar-refractivity contribution in [2.45, 2.75) is 26.9 Å². The fourth-order valence-corrected chi connectivity index (χ4v) is 1.23. The maximum atomic E-state index is 11.3. The monoisotopic (exact) mass is 171 g/mol. The first-order valence-electron chi connectivity index (χ1n) is 4.49. The van der Waals surface area contributed by atoms with E-state index >= 15 is 0 Å². The molecular weight excluding hydrogens is 154 g/mol. The highest BCUT2D eigenvalue weighted by molar-refractivity contribution is 5.78. The highest BCUT2D eigenvalue weighted by Gasteiger charge is 2.26. The lowest BCUT2D eigenvalue weighted by atomic mass is 10.0. The summed E-state index contributed by atoms with van der Waals surface area (Å²) in [5.41, 5.74) is 0. The van der Waals surface area contributed by atoms with Crippen LogP contribution in [0.1, 0.15) is 20.8 Å². The van der Waals surface area contributed by atoms with E-state index in [1.54, 1.807) is 0 Å². The van der Waals surface area contributed by atoms with E-state index in [2.05, 4.69) is 6.92 Å². The standard InChI is InChI=1S/C9H17NO2/c1-7(2)12-6-9(11)10-4-8(3)5-10/h7-8H,4-6H2,1-3H3. The second-order valence-electron chi connectivity index (χ2n) is 3.76. The Morgan fingerprint density at radius 1 is 1.58 bits per heavy atom. The van der Waals surface area contributed by atoms with Crippen LogP contribution >= 0.6 is 0 Å². The van der Waals surface area contributed by atoms with Crippen molar-refractivity contribution in [3.63, 3.8) is 0 Å². The summed E-state index contributed by atoms with van der Waals surface area (Å²) >= 11 is 0. The van der Waals surface area contributed by atoms with Crippen LogP contribution in [0.2, 0.25) is 0 Å². The molecule has 1 aliphatic rings. The minimum absolute atomic E-state index is 0.127. The average molecular weight is 171 g/mol. The van der Waals surface area contributed by atoms with Crippen molar-refractivity contribution < 1.29 is 9.53 Å². The molecule has 0 radical (unpaired) electrons. The molecule has 12 heavy (non-hydrogen) atoms. The smallest absolute Gasteiger partial charge is 0.248 e. The molecular formula is C9H17NO2. The second-order valence-corrected chi connectivity index (χ2v) is 3.76. The molecule has 0 bridgehead atoms. The molecule has 1 amide bonds. The van der Waals surface area contributed by atoms with E-state index in [1.165, 1.54) is 0 Å². The lowest BCUT2D eigenvalue weighted by Crippen LogP contribution is -2.50. The van der Waals surface area contributed by atoms with Gasteiger partial charge in [-0.15, -0.1) is 0 Å². The Kier molecular flexibility index (Phi) is 3.09. The van der Waals surface area contributed by atoms with Crippen LogP contribution in [0, 0.1) is 5.92 Å². The molecule has 0 saturated carbocycles. The normalized spacial score (nSPS) is 18.2. The van der Waals surface area contributed by atoms with Crippen molar-refractivity contribution in [3.8, 4) is 0 Å². The van der Waals surface area contributed by atoms with Crippen molar-refractivity contribution >= 4 is 5.91 Å². The predicted molar refractivity (Wildman–Crippen MR) is 46.8 cm³/mol. The Hall–Kier alpha value is -0.570. The van der Waals surface area contributed by atoms with E-state index in [9.17, 15) is 4.79 Å². The minimum Gasteiger partial charge on any atom is -0.369 e. The molecule has 3 nitrogen and oxygen atoms in total. The molecule has 0 aromatic rings. The highest BCUT2D eigenvalue weighted by atomic mass is 16.5. The van der Waals surface area contributed by atoms with E-state index in [1.807, 2.05) is 18.7 Å². The second kappa shape index (κ2) is 3.90. The van der Waals surface area contributed by atoms with Gasteiger partial charge in [0.05, 0.1) is 6.10 Å². The third-order valence-electron chi connectivity index (χ3n) is 1.96. The summed E-state index contributed by atoms with van der Waals surface area (Å²) in [5.74, 6) is 0.801. The first-order chi connectivity index (χ1) is 5.59. The van der Waals surface area contributed by atoms with Gasteiger partial charge in [0.25, 0.3) is 0 Å². The first kappa shape index (κ1) is 9.52. The number of carbonyl (C=O) groups excluding carboxylic acids is 1. The number of ether oxygens (including phenoxy) is 1. The number of nitrogens with zero attached hydrogens (tertiary/aromatic N) is 1. The molecule has 3 heteroatoms. The van der Waals surface area contributed by atoms with Crippen LogP contribution in [0.3, 0.4) is 0 Å². The van der Waals surface area contributed by atoms with Gasteiger partial charge in [-0.05, 0) is 19.8 Å². The van der Waals surface area contributed by atoms with Crippen LogP contribution in [0.25, 0.3) is 0 Å². The third kappa shape index (κ3) is 2.48. The van der Waals surface area contributed by atoms with Gasteiger partial charge in [-0.3, -0.25) is 4.79 Å². The number of carbonyl (C=O) groups is 1. The van der Waals surface area contributed by atoms with Gasteiger partial charge in [0, 0.05) is 13.1 Å². The van der Waals surface area contributed by atoms with Gasteiger partial charge in [-0.2, -0.15) is 0 Å². The molecule has 0 unspecified atom stereocenters. The van der Waals surface area contributed by atoms with E-state index < -0.39 is 0 Å². The van der Waals surface area contributed by atoms with Crippen molar-refractivity contribution in [1.82, 2.24) is 4.90 Å². The lowest BCUT2D eigenvalue weighted by molar-refractivity contribution is -0.143. The maximum absolute atomic E-state index is 11.3. The summed E-state index contributed by atoms with van der Waals surface area (Å²) in [6.45, 7) is 8.07. The largest absolute Gasteiger partial charge is 0.369 e. The molecule has 1 aliphatic heterocycles. The lowest BCUT2D eigenvalue weighted by Gasteiger charge is -2.37. The van der Waals surface area contributed by atoms with Gasteiger partial charge in [0.1, 0.15) is 6.61 Å². The zero-order chi connectivity index (χ0) is 9.14. The number of amides is 1. The van der Waals surface area contributed by atoms with Crippen LogP contribution < -0.4 is 0 Å². The van der Waals surface area contributed by atoms with Crippen molar-refractivity contribution in [2.75, 3.05) is 19.7 Å². The van der Waals surface area contributed by atoms with Crippen LogP contribution in [-0.4, -0.2) is 36.6 Å². The SMILES string of the molecule is CC1CN(C(=O)COC(C)C)C1. The molecule has 1 heterocycles. The maximum Gasteiger partial charge on any atom is 0.248 e. The summed E-state index contributed by atoms with van der Waals surface area (Å²) in [7, 11) is 0. The van der Waals surface area contributed by atoms with E-state index in [-0.39, 0.29) is 18.6 Å². The summed E-state index contributed by atoms with van der Waals surface area (Å²) in [5, 5.41) is 0. The molecule has 0 aromatic heterocycles. The highest BCUT2D eigenvalue weighted by Crippen LogP contribution is 2.13. The Labute approximate surface area is 73.7 Å². The molecule has 0 atom stereocenters. The fourth-order valence-electron chi connectivity index (χ4n) is 1.23. The van der Waals surface area contributed by atoms with Gasteiger partial charge < -0.3 is 9.64 Å². The number of hydrogen-bond donors (Lipinski definition) is 0. The molecule has 1 fully saturated rings. The number of likely N-dealkylation sites (tertiary alicyclic amines) is 1. The number of hydrogen-bond acceptors (Lipinski definition) is 2. The van der Waals surface area contributed by atoms with Gasteiger partial charge in [0.15, 0.2) is 0 Å². The fraction of sp³-hybridized carbons (Fsp3) is 0.889. The molecule has 0 aliphatic carbocycles. The minimum atomic E-state index is 0.127.